The number of amides is 1. The van der Waals surface area contributed by atoms with E-state index in [0.29, 0.717) is 6.54 Å². The van der Waals surface area contributed by atoms with Crippen LogP contribution in [0.3, 0.4) is 0 Å². The first-order valence-electron chi connectivity index (χ1n) is 8.01. The molecule has 0 saturated carbocycles. The molecule has 0 unspecified atom stereocenters. The Labute approximate surface area is 167 Å². The highest BCUT2D eigenvalue weighted by atomic mass is 35.5. The molecule has 0 radical (unpaired) electrons. The van der Waals surface area contributed by atoms with Crippen LogP contribution < -0.4 is 4.90 Å². The van der Waals surface area contributed by atoms with Gasteiger partial charge in [-0.1, -0.05) is 35.3 Å². The maximum atomic E-state index is 13.5. The lowest BCUT2D eigenvalue weighted by atomic mass is 10.2. The average Bonchev–Trinajstić information content (AvgIpc) is 2.62. The van der Waals surface area contributed by atoms with Crippen molar-refractivity contribution in [3.05, 3.63) is 63.4 Å². The van der Waals surface area contributed by atoms with E-state index in [-0.39, 0.29) is 15.6 Å². The zero-order chi connectivity index (χ0) is 20.1. The summed E-state index contributed by atoms with van der Waals surface area (Å²) in [6.45, 7) is -0.119. The Morgan fingerprint density at radius 3 is 2.26 bits per heavy atom. The molecule has 2 aromatic rings. The number of anilines is 1. The average molecular weight is 413 g/mol. The summed E-state index contributed by atoms with van der Waals surface area (Å²) in [4.78, 5) is 27.6. The Morgan fingerprint density at radius 1 is 1.04 bits per heavy atom. The highest BCUT2D eigenvalue weighted by Crippen LogP contribution is 2.25. The highest BCUT2D eigenvalue weighted by Gasteiger charge is 2.18. The van der Waals surface area contributed by atoms with Crippen LogP contribution in [0.1, 0.15) is 15.9 Å². The number of ether oxygens (including phenoxy) is 1. The minimum Gasteiger partial charge on any atom is -0.452 e. The van der Waals surface area contributed by atoms with Gasteiger partial charge in [0.05, 0.1) is 15.6 Å². The van der Waals surface area contributed by atoms with Gasteiger partial charge in [0.15, 0.2) is 6.61 Å². The number of hydrogen-bond donors (Lipinski definition) is 0. The standard InChI is InChI=1S/C19H19Cl2FN2O3/c1-23(2)13-6-4-12(5-7-13)10-24(3)18(25)11-27-19(26)14-8-17(22)16(21)9-15(14)20/h4-9H,10-11H2,1-3H3. The number of likely N-dealkylation sites (N-methyl/N-ethyl adjacent to an activating group) is 1. The minimum atomic E-state index is -0.896. The van der Waals surface area contributed by atoms with Gasteiger partial charge in [-0.3, -0.25) is 4.79 Å². The molecule has 0 saturated heterocycles. The van der Waals surface area contributed by atoms with Gasteiger partial charge < -0.3 is 14.5 Å². The van der Waals surface area contributed by atoms with E-state index in [1.165, 1.54) is 4.90 Å². The lowest BCUT2D eigenvalue weighted by Crippen LogP contribution is -2.30. The van der Waals surface area contributed by atoms with Crippen LogP contribution in [0.2, 0.25) is 10.0 Å². The Morgan fingerprint density at radius 2 is 1.67 bits per heavy atom. The van der Waals surface area contributed by atoms with E-state index in [4.69, 9.17) is 27.9 Å². The Hall–Kier alpha value is -2.31. The molecular formula is C19H19Cl2FN2O3. The van der Waals surface area contributed by atoms with Crippen molar-refractivity contribution in [2.75, 3.05) is 32.6 Å². The molecule has 2 aromatic carbocycles. The maximum absolute atomic E-state index is 13.5. The second-order valence-electron chi connectivity index (χ2n) is 6.13. The molecule has 0 aliphatic carbocycles. The zero-order valence-corrected chi connectivity index (χ0v) is 16.6. The topological polar surface area (TPSA) is 49.9 Å². The first-order chi connectivity index (χ1) is 12.7. The molecule has 0 heterocycles. The lowest BCUT2D eigenvalue weighted by Gasteiger charge is -2.18. The molecule has 144 valence electrons. The predicted octanol–water partition coefficient (Wildman–Crippen LogP) is 4.01. The summed E-state index contributed by atoms with van der Waals surface area (Å²) in [6.07, 6.45) is 0. The summed E-state index contributed by atoms with van der Waals surface area (Å²) >= 11 is 11.5. The third kappa shape index (κ3) is 5.58. The van der Waals surface area contributed by atoms with E-state index in [9.17, 15) is 14.0 Å². The van der Waals surface area contributed by atoms with Crippen molar-refractivity contribution in [2.45, 2.75) is 6.54 Å². The molecule has 5 nitrogen and oxygen atoms in total. The second-order valence-corrected chi connectivity index (χ2v) is 6.95. The van der Waals surface area contributed by atoms with Crippen molar-refractivity contribution in [2.24, 2.45) is 0 Å². The van der Waals surface area contributed by atoms with Gasteiger partial charge in [0.25, 0.3) is 5.91 Å². The summed E-state index contributed by atoms with van der Waals surface area (Å²) in [7, 11) is 5.49. The van der Waals surface area contributed by atoms with Crippen LogP contribution in [0.4, 0.5) is 10.1 Å². The van der Waals surface area contributed by atoms with Gasteiger partial charge in [-0.25, -0.2) is 9.18 Å². The van der Waals surface area contributed by atoms with Gasteiger partial charge in [-0.15, -0.1) is 0 Å². The van der Waals surface area contributed by atoms with Gasteiger partial charge in [0.2, 0.25) is 0 Å². The van der Waals surface area contributed by atoms with E-state index in [1.807, 2.05) is 43.3 Å². The zero-order valence-electron chi connectivity index (χ0n) is 15.1. The van der Waals surface area contributed by atoms with Crippen LogP contribution in [0.25, 0.3) is 0 Å². The molecule has 1 amide bonds. The van der Waals surface area contributed by atoms with Crippen molar-refractivity contribution in [3.63, 3.8) is 0 Å². The van der Waals surface area contributed by atoms with Crippen molar-refractivity contribution in [1.82, 2.24) is 4.90 Å². The molecule has 27 heavy (non-hydrogen) atoms. The van der Waals surface area contributed by atoms with Gasteiger partial charge in [-0.2, -0.15) is 0 Å². The molecule has 0 aliphatic heterocycles. The SMILES string of the molecule is CN(Cc1ccc(N(C)C)cc1)C(=O)COC(=O)c1cc(F)c(Cl)cc1Cl. The van der Waals surface area contributed by atoms with Gasteiger partial charge >= 0.3 is 5.97 Å². The summed E-state index contributed by atoms with van der Waals surface area (Å²) in [5.41, 5.74) is 1.80. The number of benzene rings is 2. The molecular weight excluding hydrogens is 394 g/mol. The van der Waals surface area contributed by atoms with Gasteiger partial charge in [-0.05, 0) is 29.8 Å². The fraction of sp³-hybridized carbons (Fsp3) is 0.263. The summed E-state index contributed by atoms with van der Waals surface area (Å²) in [5, 5.41) is -0.249. The number of carbonyl (C=O) groups excluding carboxylic acids is 2. The number of esters is 1. The number of hydrogen-bond acceptors (Lipinski definition) is 4. The van der Waals surface area contributed by atoms with E-state index in [1.54, 1.807) is 7.05 Å². The first kappa shape index (κ1) is 21.0. The van der Waals surface area contributed by atoms with Crippen molar-refractivity contribution in [3.8, 4) is 0 Å². The van der Waals surface area contributed by atoms with Crippen molar-refractivity contribution < 1.29 is 18.7 Å². The summed E-state index contributed by atoms with van der Waals surface area (Å²) < 4.78 is 18.4. The molecule has 0 bridgehead atoms. The maximum Gasteiger partial charge on any atom is 0.340 e. The Bertz CT molecular complexity index is 842. The van der Waals surface area contributed by atoms with E-state index in [2.05, 4.69) is 0 Å². The van der Waals surface area contributed by atoms with Gasteiger partial charge in [0, 0.05) is 33.4 Å². The smallest absolute Gasteiger partial charge is 0.340 e. The van der Waals surface area contributed by atoms with Crippen LogP contribution in [-0.4, -0.2) is 44.5 Å². The number of carbonyl (C=O) groups is 2. The van der Waals surface area contributed by atoms with E-state index in [0.717, 1.165) is 23.4 Å². The molecule has 0 aromatic heterocycles. The molecule has 0 spiro atoms. The predicted molar refractivity (Wildman–Crippen MR) is 104 cm³/mol. The molecule has 0 aliphatic rings. The Kier molecular flexibility index (Phi) is 7.05. The normalized spacial score (nSPS) is 10.4. The summed E-state index contributed by atoms with van der Waals surface area (Å²) in [5.74, 6) is -2.09. The van der Waals surface area contributed by atoms with E-state index >= 15 is 0 Å². The van der Waals surface area contributed by atoms with Crippen molar-refractivity contribution in [1.29, 1.82) is 0 Å². The fourth-order valence-electron chi connectivity index (χ4n) is 2.26. The van der Waals surface area contributed by atoms with Crippen LogP contribution in [-0.2, 0) is 16.1 Å². The summed E-state index contributed by atoms with van der Waals surface area (Å²) in [6, 6.07) is 9.73. The highest BCUT2D eigenvalue weighted by molar-refractivity contribution is 6.36. The molecule has 0 atom stereocenters. The van der Waals surface area contributed by atoms with Crippen molar-refractivity contribution >= 4 is 40.8 Å². The molecule has 8 heteroatoms. The number of halogens is 3. The number of nitrogens with zero attached hydrogens (tertiary/aromatic N) is 2. The Balaban J connectivity index is 1.92. The quantitative estimate of drug-likeness (QED) is 0.531. The third-order valence-corrected chi connectivity index (χ3v) is 4.46. The fourth-order valence-corrected chi connectivity index (χ4v) is 2.72. The third-order valence-electron chi connectivity index (χ3n) is 3.85. The molecule has 0 fully saturated rings. The molecule has 2 rings (SSSR count). The second kappa shape index (κ2) is 9.06. The van der Waals surface area contributed by atoms with E-state index < -0.39 is 24.3 Å². The van der Waals surface area contributed by atoms with Crippen LogP contribution in [0.5, 0.6) is 0 Å². The minimum absolute atomic E-state index is 0.0480. The monoisotopic (exact) mass is 412 g/mol. The largest absolute Gasteiger partial charge is 0.452 e. The lowest BCUT2D eigenvalue weighted by molar-refractivity contribution is -0.133. The molecule has 0 N–H and O–H groups in total. The van der Waals surface area contributed by atoms with Crippen LogP contribution in [0.15, 0.2) is 36.4 Å². The first-order valence-corrected chi connectivity index (χ1v) is 8.76. The van der Waals surface area contributed by atoms with Crippen LogP contribution >= 0.6 is 23.2 Å². The van der Waals surface area contributed by atoms with Gasteiger partial charge in [0.1, 0.15) is 5.82 Å². The van der Waals surface area contributed by atoms with Crippen LogP contribution in [0, 0.1) is 5.82 Å². The number of rotatable bonds is 6.